The minimum Gasteiger partial charge on any atom is -0.341 e. The van der Waals surface area contributed by atoms with E-state index in [2.05, 4.69) is 17.1 Å². The van der Waals surface area contributed by atoms with Crippen LogP contribution in [0.5, 0.6) is 0 Å². The molecule has 110 valence electrons. The van der Waals surface area contributed by atoms with Crippen LogP contribution in [0, 0.1) is 0 Å². The van der Waals surface area contributed by atoms with Crippen molar-refractivity contribution in [1.82, 2.24) is 10.2 Å². The van der Waals surface area contributed by atoms with Crippen LogP contribution in [0.2, 0.25) is 0 Å². The van der Waals surface area contributed by atoms with Crippen LogP contribution in [-0.2, 0) is 4.79 Å². The van der Waals surface area contributed by atoms with E-state index in [4.69, 9.17) is 0 Å². The quantitative estimate of drug-likeness (QED) is 0.796. The zero-order chi connectivity index (χ0) is 13.5. The molecule has 0 radical (unpaired) electrons. The average molecular weight is 266 g/mol. The fourth-order valence-corrected chi connectivity index (χ4v) is 3.44. The summed E-state index contributed by atoms with van der Waals surface area (Å²) in [7, 11) is 0. The first-order chi connectivity index (χ1) is 9.27. The number of hydrogen-bond donors (Lipinski definition) is 1. The second kappa shape index (κ2) is 7.88. The smallest absolute Gasteiger partial charge is 0.239 e. The van der Waals surface area contributed by atoms with Gasteiger partial charge in [0.1, 0.15) is 0 Å². The molecule has 1 aliphatic heterocycles. The molecule has 1 atom stereocenters. The molecule has 0 aromatic heterocycles. The zero-order valence-electron chi connectivity index (χ0n) is 12.5. The van der Waals surface area contributed by atoms with Gasteiger partial charge in [0, 0.05) is 19.1 Å². The molecular weight excluding hydrogens is 236 g/mol. The molecule has 0 spiro atoms. The molecule has 2 rings (SSSR count). The summed E-state index contributed by atoms with van der Waals surface area (Å²) in [6, 6.07) is 0.564. The average Bonchev–Trinajstić information content (AvgIpc) is 2.82. The number of rotatable bonds is 3. The molecule has 1 aliphatic carbocycles. The van der Waals surface area contributed by atoms with Gasteiger partial charge in [-0.2, -0.15) is 0 Å². The molecule has 3 nitrogen and oxygen atoms in total. The van der Waals surface area contributed by atoms with Crippen LogP contribution in [0.15, 0.2) is 0 Å². The van der Waals surface area contributed by atoms with Crippen molar-refractivity contribution >= 4 is 5.91 Å². The summed E-state index contributed by atoms with van der Waals surface area (Å²) in [5.41, 5.74) is 0. The molecule has 0 aromatic carbocycles. The molecule has 0 bridgehead atoms. The van der Waals surface area contributed by atoms with Gasteiger partial charge in [0.25, 0.3) is 0 Å². The molecule has 1 unspecified atom stereocenters. The van der Waals surface area contributed by atoms with Gasteiger partial charge in [-0.25, -0.2) is 0 Å². The molecule has 1 saturated carbocycles. The van der Waals surface area contributed by atoms with Crippen LogP contribution in [0.1, 0.15) is 71.1 Å². The second-order valence-corrected chi connectivity index (χ2v) is 6.32. The number of amides is 1. The number of nitrogens with one attached hydrogen (secondary N) is 1. The summed E-state index contributed by atoms with van der Waals surface area (Å²) in [4.78, 5) is 14.6. The van der Waals surface area contributed by atoms with Gasteiger partial charge in [-0.15, -0.1) is 0 Å². The largest absolute Gasteiger partial charge is 0.341 e. The van der Waals surface area contributed by atoms with E-state index in [-0.39, 0.29) is 6.04 Å². The molecule has 1 amide bonds. The summed E-state index contributed by atoms with van der Waals surface area (Å²) >= 11 is 0. The second-order valence-electron chi connectivity index (χ2n) is 6.32. The first kappa shape index (κ1) is 14.8. The lowest BCUT2D eigenvalue weighted by atomic mass is 10.1. The molecule has 1 saturated heterocycles. The van der Waals surface area contributed by atoms with Crippen molar-refractivity contribution in [2.24, 2.45) is 0 Å². The minimum absolute atomic E-state index is 0.00111. The SMILES string of the molecule is CC(NC1CCCCCC1)C(=O)N1CCCCCC1. The summed E-state index contributed by atoms with van der Waals surface area (Å²) in [5, 5.41) is 3.59. The molecular formula is C16H30N2O. The Bertz CT molecular complexity index is 264. The first-order valence-corrected chi connectivity index (χ1v) is 8.32. The highest BCUT2D eigenvalue weighted by Gasteiger charge is 2.23. The predicted molar refractivity (Wildman–Crippen MR) is 79.1 cm³/mol. The number of carbonyl (C=O) groups excluding carboxylic acids is 1. The van der Waals surface area contributed by atoms with Crippen molar-refractivity contribution in [1.29, 1.82) is 0 Å². The Morgan fingerprint density at radius 3 is 2.05 bits per heavy atom. The van der Waals surface area contributed by atoms with E-state index in [1.807, 2.05) is 0 Å². The number of likely N-dealkylation sites (tertiary alicyclic amines) is 1. The molecule has 1 N–H and O–H groups in total. The highest BCUT2D eigenvalue weighted by molar-refractivity contribution is 5.81. The summed E-state index contributed by atoms with van der Waals surface area (Å²) in [6.07, 6.45) is 12.8. The van der Waals surface area contributed by atoms with E-state index in [0.29, 0.717) is 11.9 Å². The fourth-order valence-electron chi connectivity index (χ4n) is 3.44. The predicted octanol–water partition coefficient (Wildman–Crippen LogP) is 3.09. The molecule has 2 aliphatic rings. The molecule has 19 heavy (non-hydrogen) atoms. The van der Waals surface area contributed by atoms with E-state index >= 15 is 0 Å². The van der Waals surface area contributed by atoms with Crippen LogP contribution in [0.25, 0.3) is 0 Å². The van der Waals surface area contributed by atoms with Gasteiger partial charge >= 0.3 is 0 Å². The summed E-state index contributed by atoms with van der Waals surface area (Å²) in [5.74, 6) is 0.325. The maximum atomic E-state index is 12.5. The van der Waals surface area contributed by atoms with Crippen LogP contribution in [0.4, 0.5) is 0 Å². The third-order valence-electron chi connectivity index (χ3n) is 4.63. The highest BCUT2D eigenvalue weighted by Crippen LogP contribution is 2.18. The highest BCUT2D eigenvalue weighted by atomic mass is 16.2. The number of nitrogens with zero attached hydrogens (tertiary/aromatic N) is 1. The van der Waals surface area contributed by atoms with Gasteiger partial charge in [0.15, 0.2) is 0 Å². The topological polar surface area (TPSA) is 32.3 Å². The van der Waals surface area contributed by atoms with Gasteiger partial charge < -0.3 is 10.2 Å². The fraction of sp³-hybridized carbons (Fsp3) is 0.938. The van der Waals surface area contributed by atoms with Gasteiger partial charge in [0.05, 0.1) is 6.04 Å². The van der Waals surface area contributed by atoms with Gasteiger partial charge in [-0.1, -0.05) is 38.5 Å². The summed E-state index contributed by atoms with van der Waals surface area (Å²) < 4.78 is 0. The normalized spacial score (nSPS) is 24.6. The first-order valence-electron chi connectivity index (χ1n) is 8.32. The molecule has 0 aromatic rings. The van der Waals surface area contributed by atoms with Crippen molar-refractivity contribution in [2.45, 2.75) is 83.2 Å². The zero-order valence-corrected chi connectivity index (χ0v) is 12.5. The Morgan fingerprint density at radius 1 is 0.947 bits per heavy atom. The van der Waals surface area contributed by atoms with Crippen molar-refractivity contribution < 1.29 is 4.79 Å². The Labute approximate surface area is 118 Å². The molecule has 3 heteroatoms. The monoisotopic (exact) mass is 266 g/mol. The Morgan fingerprint density at radius 2 is 1.47 bits per heavy atom. The van der Waals surface area contributed by atoms with Crippen LogP contribution in [0.3, 0.4) is 0 Å². The van der Waals surface area contributed by atoms with Crippen molar-refractivity contribution in [3.05, 3.63) is 0 Å². The van der Waals surface area contributed by atoms with E-state index in [1.54, 1.807) is 0 Å². The Hall–Kier alpha value is -0.570. The third kappa shape index (κ3) is 4.79. The van der Waals surface area contributed by atoms with Crippen LogP contribution >= 0.6 is 0 Å². The lowest BCUT2D eigenvalue weighted by Crippen LogP contribution is -2.48. The van der Waals surface area contributed by atoms with E-state index < -0.39 is 0 Å². The van der Waals surface area contributed by atoms with Crippen LogP contribution in [-0.4, -0.2) is 36.0 Å². The lowest BCUT2D eigenvalue weighted by Gasteiger charge is -2.27. The Kier molecular flexibility index (Phi) is 6.15. The molecule has 2 fully saturated rings. The van der Waals surface area contributed by atoms with E-state index in [0.717, 1.165) is 13.1 Å². The maximum Gasteiger partial charge on any atom is 0.239 e. The summed E-state index contributed by atoms with van der Waals surface area (Å²) in [6.45, 7) is 3.99. The van der Waals surface area contributed by atoms with Crippen molar-refractivity contribution in [3.8, 4) is 0 Å². The maximum absolute atomic E-state index is 12.5. The minimum atomic E-state index is 0.00111. The number of carbonyl (C=O) groups is 1. The molecule has 1 heterocycles. The van der Waals surface area contributed by atoms with Crippen molar-refractivity contribution in [2.75, 3.05) is 13.1 Å². The van der Waals surface area contributed by atoms with Crippen LogP contribution < -0.4 is 5.32 Å². The van der Waals surface area contributed by atoms with Gasteiger partial charge in [-0.05, 0) is 32.6 Å². The number of hydrogen-bond acceptors (Lipinski definition) is 2. The van der Waals surface area contributed by atoms with E-state index in [1.165, 1.54) is 64.2 Å². The lowest BCUT2D eigenvalue weighted by molar-refractivity contribution is -0.133. The Balaban J connectivity index is 1.80. The van der Waals surface area contributed by atoms with Gasteiger partial charge in [0.2, 0.25) is 5.91 Å². The standard InChI is InChI=1S/C16H30N2O/c1-14(17-15-10-6-2-3-7-11-15)16(19)18-12-8-4-5-9-13-18/h14-15,17H,2-13H2,1H3. The van der Waals surface area contributed by atoms with E-state index in [9.17, 15) is 4.79 Å². The van der Waals surface area contributed by atoms with Crippen molar-refractivity contribution in [3.63, 3.8) is 0 Å². The van der Waals surface area contributed by atoms with Gasteiger partial charge in [-0.3, -0.25) is 4.79 Å². The third-order valence-corrected chi connectivity index (χ3v) is 4.63.